The Hall–Kier alpha value is -1.95. The molecule has 1 spiro atoms. The Morgan fingerprint density at radius 1 is 1.26 bits per heavy atom. The van der Waals surface area contributed by atoms with Crippen LogP contribution < -0.4 is 0 Å². The molecule has 6 heteroatoms. The van der Waals surface area contributed by atoms with Gasteiger partial charge in [-0.15, -0.1) is 0 Å². The first-order chi connectivity index (χ1) is 10.9. The number of fused-ring (bicyclic) bond motifs is 2. The Kier molecular flexibility index (Phi) is 3.88. The third-order valence-corrected chi connectivity index (χ3v) is 4.17. The Morgan fingerprint density at radius 2 is 1.96 bits per heavy atom. The molecule has 1 unspecified atom stereocenters. The SMILES string of the molecule is COC1(COC(C)=O)OC2(C=CC(=O)C=C2)c2cc(Cl)ccc21. The second kappa shape index (κ2) is 5.60. The number of carbonyl (C=O) groups excluding carboxylic acids is 2. The zero-order valence-electron chi connectivity index (χ0n) is 12.7. The van der Waals surface area contributed by atoms with E-state index < -0.39 is 17.4 Å². The molecule has 2 aliphatic rings. The van der Waals surface area contributed by atoms with Crippen molar-refractivity contribution in [2.75, 3.05) is 13.7 Å². The molecule has 5 nitrogen and oxygen atoms in total. The molecule has 1 aliphatic heterocycles. The third-order valence-electron chi connectivity index (χ3n) is 3.93. The number of rotatable bonds is 3. The van der Waals surface area contributed by atoms with Gasteiger partial charge in [-0.1, -0.05) is 17.7 Å². The van der Waals surface area contributed by atoms with Gasteiger partial charge in [0.25, 0.3) is 0 Å². The largest absolute Gasteiger partial charge is 0.460 e. The fourth-order valence-corrected chi connectivity index (χ4v) is 3.01. The van der Waals surface area contributed by atoms with Crippen LogP contribution in [0.15, 0.2) is 42.5 Å². The van der Waals surface area contributed by atoms with Crippen molar-refractivity contribution in [2.45, 2.75) is 18.3 Å². The lowest BCUT2D eigenvalue weighted by atomic mass is 9.87. The molecule has 1 aromatic carbocycles. The Labute approximate surface area is 138 Å². The van der Waals surface area contributed by atoms with Gasteiger partial charge in [0.05, 0.1) is 0 Å². The van der Waals surface area contributed by atoms with E-state index in [1.54, 1.807) is 30.4 Å². The average molecular weight is 335 g/mol. The van der Waals surface area contributed by atoms with E-state index in [-0.39, 0.29) is 12.4 Å². The van der Waals surface area contributed by atoms with Crippen molar-refractivity contribution in [3.8, 4) is 0 Å². The number of ketones is 1. The summed E-state index contributed by atoms with van der Waals surface area (Å²) in [5, 5.41) is 0.532. The molecule has 0 bridgehead atoms. The number of hydrogen-bond donors (Lipinski definition) is 0. The van der Waals surface area contributed by atoms with Gasteiger partial charge in [0.1, 0.15) is 12.2 Å². The van der Waals surface area contributed by atoms with Crippen LogP contribution in [0.5, 0.6) is 0 Å². The fraction of sp³-hybridized carbons (Fsp3) is 0.294. The van der Waals surface area contributed by atoms with E-state index in [1.165, 1.54) is 26.2 Å². The molecule has 0 aromatic heterocycles. The number of allylic oxidation sites excluding steroid dienone is 2. The van der Waals surface area contributed by atoms with Crippen molar-refractivity contribution in [3.63, 3.8) is 0 Å². The van der Waals surface area contributed by atoms with Crippen LogP contribution in [0, 0.1) is 0 Å². The molecule has 0 fully saturated rings. The second-order valence-corrected chi connectivity index (χ2v) is 5.83. The lowest BCUT2D eigenvalue weighted by molar-refractivity contribution is -0.271. The van der Waals surface area contributed by atoms with Crippen LogP contribution in [0.3, 0.4) is 0 Å². The zero-order valence-corrected chi connectivity index (χ0v) is 13.4. The van der Waals surface area contributed by atoms with E-state index in [9.17, 15) is 9.59 Å². The van der Waals surface area contributed by atoms with Crippen LogP contribution in [0.4, 0.5) is 0 Å². The summed E-state index contributed by atoms with van der Waals surface area (Å²) in [6.07, 6.45) is 6.17. The first kappa shape index (κ1) is 15.9. The molecule has 1 aromatic rings. The van der Waals surface area contributed by atoms with Gasteiger partial charge in [-0.2, -0.15) is 0 Å². The van der Waals surface area contributed by atoms with Crippen LogP contribution in [0.25, 0.3) is 0 Å². The number of benzene rings is 1. The maximum atomic E-state index is 11.5. The van der Waals surface area contributed by atoms with Gasteiger partial charge in [-0.05, 0) is 36.4 Å². The quantitative estimate of drug-likeness (QED) is 0.795. The zero-order chi connectivity index (χ0) is 16.7. The molecular weight excluding hydrogens is 320 g/mol. The monoisotopic (exact) mass is 334 g/mol. The topological polar surface area (TPSA) is 61.8 Å². The number of ether oxygens (including phenoxy) is 3. The first-order valence-electron chi connectivity index (χ1n) is 7.02. The van der Waals surface area contributed by atoms with E-state index in [0.717, 1.165) is 5.56 Å². The Balaban J connectivity index is 2.13. The molecular formula is C17H15ClO5. The minimum atomic E-state index is -1.26. The lowest BCUT2D eigenvalue weighted by Gasteiger charge is -2.31. The minimum absolute atomic E-state index is 0.106. The van der Waals surface area contributed by atoms with Crippen LogP contribution in [-0.2, 0) is 35.2 Å². The highest BCUT2D eigenvalue weighted by Gasteiger charge is 2.53. The molecule has 0 saturated carbocycles. The van der Waals surface area contributed by atoms with Gasteiger partial charge in [0, 0.05) is 30.2 Å². The molecule has 1 heterocycles. The smallest absolute Gasteiger partial charge is 0.302 e. The van der Waals surface area contributed by atoms with Gasteiger partial charge in [0.2, 0.25) is 5.79 Å². The first-order valence-corrected chi connectivity index (χ1v) is 7.40. The summed E-state index contributed by atoms with van der Waals surface area (Å²) in [4.78, 5) is 22.7. The summed E-state index contributed by atoms with van der Waals surface area (Å²) in [7, 11) is 1.47. The molecule has 0 N–H and O–H groups in total. The summed E-state index contributed by atoms with van der Waals surface area (Å²) < 4.78 is 16.9. The molecule has 1 atom stereocenters. The van der Waals surface area contributed by atoms with E-state index in [2.05, 4.69) is 0 Å². The van der Waals surface area contributed by atoms with Gasteiger partial charge in [-0.3, -0.25) is 9.59 Å². The maximum absolute atomic E-state index is 11.5. The standard InChI is InChI=1S/C17H15ClO5/c1-11(19)22-10-17(21-2)14-4-3-12(18)9-15(14)16(23-17)7-5-13(20)6-8-16/h3-9H,10H2,1-2H3. The van der Waals surface area contributed by atoms with Crippen molar-refractivity contribution in [1.29, 1.82) is 0 Å². The fourth-order valence-electron chi connectivity index (χ4n) is 2.84. The molecule has 0 radical (unpaired) electrons. The van der Waals surface area contributed by atoms with Crippen molar-refractivity contribution in [3.05, 3.63) is 58.7 Å². The van der Waals surface area contributed by atoms with Gasteiger partial charge in [0.15, 0.2) is 5.78 Å². The van der Waals surface area contributed by atoms with Crippen LogP contribution >= 0.6 is 11.6 Å². The Bertz CT molecular complexity index is 720. The van der Waals surface area contributed by atoms with Crippen molar-refractivity contribution in [2.24, 2.45) is 0 Å². The molecule has 1 aliphatic carbocycles. The number of halogens is 1. The van der Waals surface area contributed by atoms with Crippen LogP contribution in [-0.4, -0.2) is 25.5 Å². The summed E-state index contributed by atoms with van der Waals surface area (Å²) in [5.74, 6) is -1.83. The summed E-state index contributed by atoms with van der Waals surface area (Å²) in [5.41, 5.74) is 0.470. The van der Waals surface area contributed by atoms with E-state index in [1.807, 2.05) is 0 Å². The molecule has 0 saturated heterocycles. The summed E-state index contributed by atoms with van der Waals surface area (Å²) in [6.45, 7) is 1.21. The predicted molar refractivity (Wildman–Crippen MR) is 82.8 cm³/mol. The van der Waals surface area contributed by atoms with Crippen molar-refractivity contribution < 1.29 is 23.8 Å². The molecule has 120 valence electrons. The minimum Gasteiger partial charge on any atom is -0.460 e. The van der Waals surface area contributed by atoms with Crippen molar-refractivity contribution in [1.82, 2.24) is 0 Å². The summed E-state index contributed by atoms with van der Waals surface area (Å²) in [6, 6.07) is 5.25. The van der Waals surface area contributed by atoms with Crippen LogP contribution in [0.2, 0.25) is 5.02 Å². The van der Waals surface area contributed by atoms with Gasteiger partial charge >= 0.3 is 5.97 Å². The van der Waals surface area contributed by atoms with E-state index >= 15 is 0 Å². The molecule has 0 amide bonds. The van der Waals surface area contributed by atoms with E-state index in [4.69, 9.17) is 25.8 Å². The predicted octanol–water partition coefficient (Wildman–Crippen LogP) is 2.62. The van der Waals surface area contributed by atoms with E-state index in [0.29, 0.717) is 10.6 Å². The second-order valence-electron chi connectivity index (χ2n) is 5.39. The highest BCUT2D eigenvalue weighted by atomic mass is 35.5. The maximum Gasteiger partial charge on any atom is 0.302 e. The average Bonchev–Trinajstić information content (AvgIpc) is 2.79. The summed E-state index contributed by atoms with van der Waals surface area (Å²) >= 11 is 6.12. The normalized spacial score (nSPS) is 24.0. The number of hydrogen-bond acceptors (Lipinski definition) is 5. The number of esters is 1. The van der Waals surface area contributed by atoms with Crippen molar-refractivity contribution >= 4 is 23.4 Å². The lowest BCUT2D eigenvalue weighted by Crippen LogP contribution is -2.37. The highest BCUT2D eigenvalue weighted by Crippen LogP contribution is 2.51. The van der Waals surface area contributed by atoms with Crippen LogP contribution in [0.1, 0.15) is 18.1 Å². The molecule has 23 heavy (non-hydrogen) atoms. The Morgan fingerprint density at radius 3 is 2.57 bits per heavy atom. The highest BCUT2D eigenvalue weighted by molar-refractivity contribution is 6.30. The number of methoxy groups -OCH3 is 1. The van der Waals surface area contributed by atoms with Gasteiger partial charge in [-0.25, -0.2) is 0 Å². The number of carbonyl (C=O) groups is 2. The third kappa shape index (κ3) is 2.61. The van der Waals surface area contributed by atoms with Gasteiger partial charge < -0.3 is 14.2 Å². The molecule has 3 rings (SSSR count).